The highest BCUT2D eigenvalue weighted by atomic mass is 19.1. The average Bonchev–Trinajstić information content (AvgIpc) is 3.28. The van der Waals surface area contributed by atoms with Crippen LogP contribution < -0.4 is 15.4 Å². The molecule has 2 N–H and O–H groups in total. The van der Waals surface area contributed by atoms with Gasteiger partial charge in [-0.15, -0.1) is 0 Å². The van der Waals surface area contributed by atoms with E-state index >= 15 is 0 Å². The number of hydrogen-bond acceptors (Lipinski definition) is 4. The molecule has 0 spiro atoms. The summed E-state index contributed by atoms with van der Waals surface area (Å²) >= 11 is 0. The van der Waals surface area contributed by atoms with Gasteiger partial charge in [0.2, 0.25) is 0 Å². The molecule has 3 aromatic rings. The van der Waals surface area contributed by atoms with E-state index in [4.69, 9.17) is 4.74 Å². The number of imidazole rings is 1. The normalized spacial score (nSPS) is 16.5. The van der Waals surface area contributed by atoms with Crippen LogP contribution in [-0.2, 0) is 6.61 Å². The monoisotopic (exact) mass is 386 g/mol. The van der Waals surface area contributed by atoms with Crippen molar-refractivity contribution in [3.8, 4) is 5.75 Å². The van der Waals surface area contributed by atoms with E-state index in [0.717, 1.165) is 19.5 Å². The summed E-state index contributed by atoms with van der Waals surface area (Å²) in [5.74, 6) is -1.21. The van der Waals surface area contributed by atoms with Gasteiger partial charge < -0.3 is 15.4 Å². The minimum Gasteiger partial charge on any atom is -0.485 e. The summed E-state index contributed by atoms with van der Waals surface area (Å²) in [7, 11) is 0. The second kappa shape index (κ2) is 7.55. The van der Waals surface area contributed by atoms with Crippen LogP contribution in [0.1, 0.15) is 28.2 Å². The number of carbonyl (C=O) groups excluding carboxylic acids is 1. The fourth-order valence-electron chi connectivity index (χ4n) is 3.39. The molecule has 2 aromatic heterocycles. The molecule has 146 valence electrons. The third-order valence-corrected chi connectivity index (χ3v) is 4.83. The predicted molar refractivity (Wildman–Crippen MR) is 99.4 cm³/mol. The highest BCUT2D eigenvalue weighted by molar-refractivity contribution is 5.95. The quantitative estimate of drug-likeness (QED) is 0.707. The van der Waals surface area contributed by atoms with Gasteiger partial charge in [-0.1, -0.05) is 6.07 Å². The number of ether oxygens (including phenoxy) is 1. The van der Waals surface area contributed by atoms with Gasteiger partial charge in [-0.25, -0.2) is 13.8 Å². The number of nitrogens with one attached hydrogen (secondary N) is 2. The predicted octanol–water partition coefficient (Wildman–Crippen LogP) is 2.59. The SMILES string of the molecule is Cc1nc2c(OCc3c(F)cccc3F)cccn2c1C(=O)N[C@H]1CCNC1. The summed E-state index contributed by atoms with van der Waals surface area (Å²) in [5, 5.41) is 6.21. The molecule has 3 heterocycles. The maximum Gasteiger partial charge on any atom is 0.270 e. The zero-order valence-corrected chi connectivity index (χ0v) is 15.3. The Hall–Kier alpha value is -3.00. The van der Waals surface area contributed by atoms with Crippen molar-refractivity contribution in [2.45, 2.75) is 26.0 Å². The van der Waals surface area contributed by atoms with Crippen LogP contribution >= 0.6 is 0 Å². The molecule has 1 saturated heterocycles. The Morgan fingerprint density at radius 3 is 2.82 bits per heavy atom. The molecule has 8 heteroatoms. The zero-order valence-electron chi connectivity index (χ0n) is 15.3. The average molecular weight is 386 g/mol. The standard InChI is InChI=1S/C20H20F2N4O2/c1-12-18(20(27)25-13-7-8-23-10-13)26-9-3-6-17(19(26)24-12)28-11-14-15(21)4-2-5-16(14)22/h2-6,9,13,23H,7-8,10-11H2,1H3,(H,25,27)/t13-/m0/s1. The topological polar surface area (TPSA) is 67.7 Å². The Balaban J connectivity index is 1.61. The lowest BCUT2D eigenvalue weighted by Gasteiger charge is -2.12. The van der Waals surface area contributed by atoms with Gasteiger partial charge in [0.25, 0.3) is 5.91 Å². The molecule has 0 radical (unpaired) electrons. The lowest BCUT2D eigenvalue weighted by atomic mass is 10.2. The highest BCUT2D eigenvalue weighted by Crippen LogP contribution is 2.24. The van der Waals surface area contributed by atoms with Crippen molar-refractivity contribution in [2.24, 2.45) is 0 Å². The Morgan fingerprint density at radius 2 is 2.11 bits per heavy atom. The minimum absolute atomic E-state index is 0.0842. The lowest BCUT2D eigenvalue weighted by Crippen LogP contribution is -2.37. The Kier molecular flexibility index (Phi) is 4.95. The van der Waals surface area contributed by atoms with Crippen LogP contribution in [0.3, 0.4) is 0 Å². The van der Waals surface area contributed by atoms with E-state index in [2.05, 4.69) is 15.6 Å². The molecule has 1 aliphatic heterocycles. The van der Waals surface area contributed by atoms with Crippen molar-refractivity contribution in [1.29, 1.82) is 0 Å². The second-order valence-electron chi connectivity index (χ2n) is 6.76. The van der Waals surface area contributed by atoms with Crippen molar-refractivity contribution in [3.63, 3.8) is 0 Å². The number of halogens is 2. The van der Waals surface area contributed by atoms with Crippen LogP contribution in [-0.4, -0.2) is 34.4 Å². The van der Waals surface area contributed by atoms with Gasteiger partial charge in [0.15, 0.2) is 11.4 Å². The third kappa shape index (κ3) is 3.43. The van der Waals surface area contributed by atoms with E-state index in [9.17, 15) is 13.6 Å². The Morgan fingerprint density at radius 1 is 1.32 bits per heavy atom. The minimum atomic E-state index is -0.670. The number of pyridine rings is 1. The summed E-state index contributed by atoms with van der Waals surface area (Å²) in [6.45, 7) is 3.08. The van der Waals surface area contributed by atoms with Gasteiger partial charge in [-0.2, -0.15) is 0 Å². The molecule has 28 heavy (non-hydrogen) atoms. The van der Waals surface area contributed by atoms with E-state index in [0.29, 0.717) is 22.8 Å². The van der Waals surface area contributed by atoms with E-state index in [1.807, 2.05) is 0 Å². The molecule has 0 aliphatic carbocycles. The molecule has 1 fully saturated rings. The summed E-state index contributed by atoms with van der Waals surface area (Å²) in [6.07, 6.45) is 2.60. The number of fused-ring (bicyclic) bond motifs is 1. The molecular formula is C20H20F2N4O2. The third-order valence-electron chi connectivity index (χ3n) is 4.83. The van der Waals surface area contributed by atoms with Crippen LogP contribution in [0, 0.1) is 18.6 Å². The molecule has 4 rings (SSSR count). The molecule has 0 bridgehead atoms. The number of amides is 1. The summed E-state index contributed by atoms with van der Waals surface area (Å²) in [6, 6.07) is 7.11. The molecule has 1 amide bonds. The molecule has 1 atom stereocenters. The van der Waals surface area contributed by atoms with Gasteiger partial charge in [-0.05, 0) is 44.2 Å². The smallest absolute Gasteiger partial charge is 0.270 e. The summed E-state index contributed by atoms with van der Waals surface area (Å²) in [5.41, 5.74) is 1.24. The first-order chi connectivity index (χ1) is 13.5. The first-order valence-corrected chi connectivity index (χ1v) is 9.09. The van der Waals surface area contributed by atoms with E-state index in [1.165, 1.54) is 18.2 Å². The van der Waals surface area contributed by atoms with Crippen LogP contribution in [0.4, 0.5) is 8.78 Å². The number of benzene rings is 1. The highest BCUT2D eigenvalue weighted by Gasteiger charge is 2.23. The van der Waals surface area contributed by atoms with Crippen LogP contribution in [0.2, 0.25) is 0 Å². The van der Waals surface area contributed by atoms with Gasteiger partial charge >= 0.3 is 0 Å². The van der Waals surface area contributed by atoms with Crippen molar-refractivity contribution < 1.29 is 18.3 Å². The lowest BCUT2D eigenvalue weighted by molar-refractivity contribution is 0.0933. The molecule has 0 saturated carbocycles. The number of nitrogens with zero attached hydrogens (tertiary/aromatic N) is 2. The molecule has 6 nitrogen and oxygen atoms in total. The molecule has 0 unspecified atom stereocenters. The fraction of sp³-hybridized carbons (Fsp3) is 0.300. The Bertz CT molecular complexity index is 1010. The van der Waals surface area contributed by atoms with Crippen molar-refractivity contribution >= 4 is 11.6 Å². The van der Waals surface area contributed by atoms with Crippen LogP contribution in [0.25, 0.3) is 5.65 Å². The van der Waals surface area contributed by atoms with Gasteiger partial charge in [0.05, 0.1) is 11.3 Å². The Labute approximate surface area is 160 Å². The second-order valence-corrected chi connectivity index (χ2v) is 6.76. The number of hydrogen-bond donors (Lipinski definition) is 2. The van der Waals surface area contributed by atoms with Crippen molar-refractivity contribution in [1.82, 2.24) is 20.0 Å². The van der Waals surface area contributed by atoms with E-state index < -0.39 is 11.6 Å². The number of rotatable bonds is 5. The fourth-order valence-corrected chi connectivity index (χ4v) is 3.39. The largest absolute Gasteiger partial charge is 0.485 e. The molecule has 1 aromatic carbocycles. The van der Waals surface area contributed by atoms with Crippen LogP contribution in [0.15, 0.2) is 36.5 Å². The van der Waals surface area contributed by atoms with Gasteiger partial charge in [0.1, 0.15) is 23.9 Å². The maximum absolute atomic E-state index is 13.8. The molecular weight excluding hydrogens is 366 g/mol. The molecule has 1 aliphatic rings. The number of aryl methyl sites for hydroxylation is 1. The van der Waals surface area contributed by atoms with Crippen molar-refractivity contribution in [3.05, 3.63) is 65.1 Å². The number of carbonyl (C=O) groups is 1. The first-order valence-electron chi connectivity index (χ1n) is 9.09. The van der Waals surface area contributed by atoms with Gasteiger partial charge in [-0.3, -0.25) is 9.20 Å². The van der Waals surface area contributed by atoms with E-state index in [1.54, 1.807) is 29.7 Å². The van der Waals surface area contributed by atoms with Crippen molar-refractivity contribution in [2.75, 3.05) is 13.1 Å². The first kappa shape index (κ1) is 18.4. The van der Waals surface area contributed by atoms with Gasteiger partial charge in [0, 0.05) is 18.8 Å². The van der Waals surface area contributed by atoms with Crippen LogP contribution in [0.5, 0.6) is 5.75 Å². The summed E-state index contributed by atoms with van der Waals surface area (Å²) in [4.78, 5) is 17.2. The maximum atomic E-state index is 13.8. The number of aromatic nitrogens is 2. The zero-order chi connectivity index (χ0) is 19.7. The summed E-state index contributed by atoms with van der Waals surface area (Å²) < 4.78 is 35.0. The van der Waals surface area contributed by atoms with E-state index in [-0.39, 0.29) is 24.1 Å².